The molecule has 1 aliphatic carbocycles. The summed E-state index contributed by atoms with van der Waals surface area (Å²) in [7, 11) is -3.97. The molecule has 14 heteroatoms. The molecule has 0 aromatic carbocycles. The molecule has 190 valence electrons. The number of sulfonamides is 1. The van der Waals surface area contributed by atoms with Crippen LogP contribution in [0.15, 0.2) is 6.20 Å². The number of hydrogen-bond acceptors (Lipinski definition) is 8. The number of aromatic nitrogens is 4. The van der Waals surface area contributed by atoms with Gasteiger partial charge in [-0.05, 0) is 38.5 Å². The molecule has 1 atom stereocenters. The molecule has 0 radical (unpaired) electrons. The van der Waals surface area contributed by atoms with Crippen molar-refractivity contribution in [1.82, 2.24) is 24.6 Å². The first-order chi connectivity index (χ1) is 16.0. The Balaban J connectivity index is 1.34. The summed E-state index contributed by atoms with van der Waals surface area (Å²) in [6, 6.07) is -0.366. The molecule has 2 aromatic rings. The predicted molar refractivity (Wildman–Crippen MR) is 117 cm³/mol. The lowest BCUT2D eigenvalue weighted by Crippen LogP contribution is -2.41. The third-order valence-corrected chi connectivity index (χ3v) is 7.73. The van der Waals surface area contributed by atoms with Crippen LogP contribution in [0.5, 0.6) is 0 Å². The molecule has 10 nitrogen and oxygen atoms in total. The smallest absolute Gasteiger partial charge is 0.390 e. The van der Waals surface area contributed by atoms with Gasteiger partial charge in [0.15, 0.2) is 5.82 Å². The van der Waals surface area contributed by atoms with E-state index in [2.05, 4.69) is 19.8 Å². The van der Waals surface area contributed by atoms with E-state index in [0.717, 1.165) is 4.85 Å². The quantitative estimate of drug-likeness (QED) is 0.549. The fourth-order valence-electron chi connectivity index (χ4n) is 4.56. The largest absolute Gasteiger partial charge is 0.410 e. The van der Waals surface area contributed by atoms with E-state index in [9.17, 15) is 26.8 Å². The number of hydrogen-bond donors (Lipinski definition) is 2. The van der Waals surface area contributed by atoms with Gasteiger partial charge >= 0.3 is 6.18 Å². The highest BCUT2D eigenvalue weighted by molar-refractivity contribution is 7.89. The molecule has 4 rings (SSSR count). The van der Waals surface area contributed by atoms with Crippen molar-refractivity contribution < 1.29 is 31.5 Å². The van der Waals surface area contributed by atoms with Crippen LogP contribution in [-0.2, 0) is 21.2 Å². The van der Waals surface area contributed by atoms with E-state index in [4.69, 9.17) is 4.74 Å². The Morgan fingerprint density at radius 1 is 1.26 bits per heavy atom. The average Bonchev–Trinajstić information content (AvgIpc) is 3.09. The Labute approximate surface area is 195 Å². The molecular formula is C20H29F3N6O4S. The minimum absolute atomic E-state index is 0.0528. The molecule has 0 bridgehead atoms. The predicted octanol–water partition coefficient (Wildman–Crippen LogP) is 2.26. The van der Waals surface area contributed by atoms with Crippen LogP contribution in [0.4, 0.5) is 19.0 Å². The maximum absolute atomic E-state index is 12.3. The summed E-state index contributed by atoms with van der Waals surface area (Å²) in [6.07, 6.45) is -1.12. The fourth-order valence-corrected chi connectivity index (χ4v) is 5.92. The zero-order valence-corrected chi connectivity index (χ0v) is 19.6. The molecule has 1 saturated heterocycles. The molecule has 1 saturated carbocycles. The average molecular weight is 507 g/mol. The first-order valence-electron chi connectivity index (χ1n) is 11.4. The normalized spacial score (nSPS) is 24.6. The molecule has 2 aliphatic rings. The van der Waals surface area contributed by atoms with E-state index < -0.39 is 28.4 Å². The van der Waals surface area contributed by atoms with E-state index in [1.165, 1.54) is 0 Å². The van der Waals surface area contributed by atoms with Gasteiger partial charge in [0.1, 0.15) is 5.82 Å². The highest BCUT2D eigenvalue weighted by Gasteiger charge is 2.32. The minimum Gasteiger partial charge on any atom is -0.410 e. The molecular weight excluding hydrogens is 477 g/mol. The van der Waals surface area contributed by atoms with E-state index in [0.29, 0.717) is 74.5 Å². The third kappa shape index (κ3) is 6.27. The molecule has 0 unspecified atom stereocenters. The number of ether oxygens (including phenoxy) is 1. The Morgan fingerprint density at radius 3 is 2.68 bits per heavy atom. The molecule has 0 spiro atoms. The van der Waals surface area contributed by atoms with Crippen molar-refractivity contribution in [2.45, 2.75) is 63.8 Å². The Bertz CT molecular complexity index is 1100. The molecule has 0 amide bonds. The van der Waals surface area contributed by atoms with Crippen molar-refractivity contribution in [2.75, 3.05) is 30.3 Å². The Morgan fingerprint density at radius 2 is 2.00 bits per heavy atom. The zero-order chi connectivity index (χ0) is 24.5. The summed E-state index contributed by atoms with van der Waals surface area (Å²) in [4.78, 5) is 11.8. The molecule has 34 heavy (non-hydrogen) atoms. The number of fused-ring (bicyclic) bond motifs is 1. The number of anilines is 1. The van der Waals surface area contributed by atoms with Gasteiger partial charge in [0, 0.05) is 31.7 Å². The van der Waals surface area contributed by atoms with Crippen molar-refractivity contribution >= 4 is 26.9 Å². The second-order valence-corrected chi connectivity index (χ2v) is 11.0. The Hall–Kier alpha value is -2.19. The third-order valence-electron chi connectivity index (χ3n) is 6.30. The number of alkyl halides is 3. The van der Waals surface area contributed by atoms with Crippen molar-refractivity contribution in [1.29, 1.82) is 0 Å². The lowest BCUT2D eigenvalue weighted by molar-refractivity contribution is -0.130. The van der Waals surface area contributed by atoms with Crippen LogP contribution in [0, 0.1) is 5.92 Å². The van der Waals surface area contributed by atoms with Gasteiger partial charge in [0.2, 0.25) is 15.7 Å². The number of nitrogens with zero attached hydrogens (tertiary/aromatic N) is 5. The molecule has 2 aromatic heterocycles. The summed E-state index contributed by atoms with van der Waals surface area (Å²) >= 11 is 0. The number of rotatable bonds is 7. The van der Waals surface area contributed by atoms with Gasteiger partial charge in [0.25, 0.3) is 0 Å². The van der Waals surface area contributed by atoms with Crippen molar-refractivity contribution in [2.24, 2.45) is 5.92 Å². The van der Waals surface area contributed by atoms with Gasteiger partial charge in [0.05, 0.1) is 30.3 Å². The zero-order valence-electron chi connectivity index (χ0n) is 18.8. The SMILES string of the molecule is C[C@H]1CN(c2nn(O)c3nc(CC4CCC(NS(=O)(=O)CCC(F)(F)F)CC4)ncc23)CCO1. The van der Waals surface area contributed by atoms with Gasteiger partial charge in [-0.1, -0.05) is 4.85 Å². The van der Waals surface area contributed by atoms with E-state index in [-0.39, 0.29) is 18.1 Å². The van der Waals surface area contributed by atoms with Crippen molar-refractivity contribution in [3.63, 3.8) is 0 Å². The number of halogens is 3. The van der Waals surface area contributed by atoms with Gasteiger partial charge in [-0.25, -0.2) is 23.1 Å². The maximum atomic E-state index is 12.3. The highest BCUT2D eigenvalue weighted by Crippen LogP contribution is 2.29. The summed E-state index contributed by atoms with van der Waals surface area (Å²) in [5, 5.41) is 15.1. The lowest BCUT2D eigenvalue weighted by atomic mass is 9.84. The van der Waals surface area contributed by atoms with Gasteiger partial charge in [-0.2, -0.15) is 13.2 Å². The first kappa shape index (κ1) is 24.9. The molecule has 3 heterocycles. The summed E-state index contributed by atoms with van der Waals surface area (Å²) in [6.45, 7) is 3.85. The van der Waals surface area contributed by atoms with Crippen LogP contribution in [0.2, 0.25) is 0 Å². The second kappa shape index (κ2) is 9.82. The van der Waals surface area contributed by atoms with Crippen LogP contribution >= 0.6 is 0 Å². The van der Waals surface area contributed by atoms with E-state index in [1.54, 1.807) is 6.20 Å². The van der Waals surface area contributed by atoms with Crippen LogP contribution < -0.4 is 9.62 Å². The Kier molecular flexibility index (Phi) is 7.20. The summed E-state index contributed by atoms with van der Waals surface area (Å²) in [5.74, 6) is 0.420. The van der Waals surface area contributed by atoms with E-state index >= 15 is 0 Å². The maximum Gasteiger partial charge on any atom is 0.390 e. The molecule has 1 aliphatic heterocycles. The monoisotopic (exact) mass is 506 g/mol. The highest BCUT2D eigenvalue weighted by atomic mass is 32.2. The van der Waals surface area contributed by atoms with Crippen molar-refractivity contribution in [3.05, 3.63) is 12.0 Å². The van der Waals surface area contributed by atoms with Gasteiger partial charge in [-0.3, -0.25) is 0 Å². The minimum atomic E-state index is -4.50. The van der Waals surface area contributed by atoms with Gasteiger partial charge in [-0.15, -0.1) is 5.10 Å². The van der Waals surface area contributed by atoms with Gasteiger partial charge < -0.3 is 14.8 Å². The second-order valence-electron chi connectivity index (χ2n) is 9.09. The lowest BCUT2D eigenvalue weighted by Gasteiger charge is -2.31. The van der Waals surface area contributed by atoms with Crippen LogP contribution in [0.25, 0.3) is 11.0 Å². The fraction of sp³-hybridized carbons (Fsp3) is 0.750. The summed E-state index contributed by atoms with van der Waals surface area (Å²) in [5.41, 5.74) is 0.324. The topological polar surface area (TPSA) is 122 Å². The molecule has 2 N–H and O–H groups in total. The first-order valence-corrected chi connectivity index (χ1v) is 13.0. The summed E-state index contributed by atoms with van der Waals surface area (Å²) < 4.78 is 68.8. The number of morpholine rings is 1. The van der Waals surface area contributed by atoms with Crippen LogP contribution in [-0.4, -0.2) is 77.3 Å². The standard InChI is InChI=1S/C20H29F3N6O4S/c1-13-12-28(7-8-33-13)19-16-11-24-17(25-18(16)29(30)26-19)10-14-2-4-15(5-3-14)27-34(31,32)9-6-20(21,22)23/h11,13-15,27,30H,2-10,12H2,1H3/t13-,14?,15?/m0/s1. The van der Waals surface area contributed by atoms with Crippen LogP contribution in [0.1, 0.15) is 44.9 Å². The van der Waals surface area contributed by atoms with Crippen molar-refractivity contribution in [3.8, 4) is 0 Å². The number of nitrogens with one attached hydrogen (secondary N) is 1. The van der Waals surface area contributed by atoms with E-state index in [1.807, 2.05) is 11.8 Å². The van der Waals surface area contributed by atoms with Crippen LogP contribution in [0.3, 0.4) is 0 Å². The molecule has 2 fully saturated rings.